The standard InChI is InChI=1S/C26H31N3O2/c1-31-24-12-10-21(11-13-24)16-28-18-22-8-5-9-23(19-28)26(22,30)25-27-14-15-29(25)17-20-6-3-2-4-7-20/h2-4,6-7,10-15,22-23,30H,5,8-9,16-19H2,1H3. The van der Waals surface area contributed by atoms with Crippen molar-refractivity contribution < 1.29 is 9.84 Å². The average Bonchev–Trinajstić information content (AvgIpc) is 3.24. The molecule has 2 heterocycles. The Labute approximate surface area is 184 Å². The Balaban J connectivity index is 1.37. The number of benzene rings is 2. The fourth-order valence-corrected chi connectivity index (χ4v) is 5.60. The summed E-state index contributed by atoms with van der Waals surface area (Å²) in [6.45, 7) is 3.45. The lowest BCUT2D eigenvalue weighted by Crippen LogP contribution is -2.58. The number of aromatic nitrogens is 2. The fourth-order valence-electron chi connectivity index (χ4n) is 5.60. The molecule has 2 unspecified atom stereocenters. The summed E-state index contributed by atoms with van der Waals surface area (Å²) in [7, 11) is 1.70. The molecule has 162 valence electrons. The second kappa shape index (κ2) is 8.48. The molecule has 2 fully saturated rings. The first kappa shape index (κ1) is 20.3. The lowest BCUT2D eigenvalue weighted by atomic mass is 9.65. The van der Waals surface area contributed by atoms with Crippen LogP contribution in [0.5, 0.6) is 5.75 Å². The Bertz CT molecular complexity index is 985. The first-order valence-corrected chi connectivity index (χ1v) is 11.3. The van der Waals surface area contributed by atoms with Crippen LogP contribution in [0, 0.1) is 11.8 Å². The van der Waals surface area contributed by atoms with Crippen LogP contribution in [0.1, 0.15) is 36.2 Å². The Hall–Kier alpha value is -2.63. The number of hydrogen-bond acceptors (Lipinski definition) is 4. The Kier molecular flexibility index (Phi) is 5.55. The van der Waals surface area contributed by atoms with Gasteiger partial charge in [-0.15, -0.1) is 0 Å². The lowest BCUT2D eigenvalue weighted by molar-refractivity contribution is -0.155. The molecule has 1 N–H and O–H groups in total. The number of hydrogen-bond donors (Lipinski definition) is 1. The van der Waals surface area contributed by atoms with Crippen molar-refractivity contribution in [2.75, 3.05) is 20.2 Å². The third kappa shape index (κ3) is 3.88. The van der Waals surface area contributed by atoms with E-state index >= 15 is 0 Å². The zero-order valence-electron chi connectivity index (χ0n) is 18.2. The summed E-state index contributed by atoms with van der Waals surface area (Å²) < 4.78 is 7.44. The van der Waals surface area contributed by atoms with Crippen LogP contribution < -0.4 is 4.74 Å². The molecule has 2 aliphatic rings. The summed E-state index contributed by atoms with van der Waals surface area (Å²) in [5.41, 5.74) is 1.66. The highest BCUT2D eigenvalue weighted by Crippen LogP contribution is 2.49. The maximum absolute atomic E-state index is 12.1. The van der Waals surface area contributed by atoms with Gasteiger partial charge >= 0.3 is 0 Å². The lowest BCUT2D eigenvalue weighted by Gasteiger charge is -2.52. The molecule has 1 aliphatic heterocycles. The molecule has 3 aromatic rings. The quantitative estimate of drug-likeness (QED) is 0.657. The highest BCUT2D eigenvalue weighted by atomic mass is 16.5. The summed E-state index contributed by atoms with van der Waals surface area (Å²) >= 11 is 0. The van der Waals surface area contributed by atoms with Gasteiger partial charge in [0.2, 0.25) is 0 Å². The molecule has 0 amide bonds. The second-order valence-electron chi connectivity index (χ2n) is 9.06. The largest absolute Gasteiger partial charge is 0.497 e. The van der Waals surface area contributed by atoms with Crippen molar-refractivity contribution in [1.29, 1.82) is 0 Å². The van der Waals surface area contributed by atoms with E-state index in [0.717, 1.165) is 50.6 Å². The van der Waals surface area contributed by atoms with Crippen molar-refractivity contribution >= 4 is 0 Å². The molecule has 1 saturated carbocycles. The van der Waals surface area contributed by atoms with Crippen molar-refractivity contribution in [1.82, 2.24) is 14.5 Å². The van der Waals surface area contributed by atoms with Gasteiger partial charge in [-0.25, -0.2) is 4.98 Å². The molecule has 2 atom stereocenters. The van der Waals surface area contributed by atoms with Crippen molar-refractivity contribution in [3.8, 4) is 5.75 Å². The van der Waals surface area contributed by atoms with Gasteiger partial charge in [-0.3, -0.25) is 4.90 Å². The number of piperidine rings is 1. The molecule has 0 radical (unpaired) electrons. The van der Waals surface area contributed by atoms with Crippen molar-refractivity contribution in [2.45, 2.75) is 38.0 Å². The van der Waals surface area contributed by atoms with E-state index in [4.69, 9.17) is 9.72 Å². The van der Waals surface area contributed by atoms with Crippen LogP contribution >= 0.6 is 0 Å². The summed E-state index contributed by atoms with van der Waals surface area (Å²) in [5, 5.41) is 12.1. The van der Waals surface area contributed by atoms with Crippen LogP contribution in [0.25, 0.3) is 0 Å². The highest BCUT2D eigenvalue weighted by molar-refractivity contribution is 5.27. The summed E-state index contributed by atoms with van der Waals surface area (Å²) in [6, 6.07) is 18.8. The summed E-state index contributed by atoms with van der Waals surface area (Å²) in [6.07, 6.45) is 7.14. The predicted octanol–water partition coefficient (Wildman–Crippen LogP) is 4.06. The van der Waals surface area contributed by atoms with Crippen molar-refractivity contribution in [3.05, 3.63) is 83.9 Å². The van der Waals surface area contributed by atoms with Gasteiger partial charge in [0.05, 0.1) is 7.11 Å². The number of nitrogens with zero attached hydrogens (tertiary/aromatic N) is 3. The number of methoxy groups -OCH3 is 1. The number of imidazole rings is 1. The molecule has 1 saturated heterocycles. The van der Waals surface area contributed by atoms with Gasteiger partial charge in [0, 0.05) is 50.4 Å². The van der Waals surface area contributed by atoms with E-state index in [1.165, 1.54) is 17.5 Å². The molecule has 5 rings (SSSR count). The number of aliphatic hydroxyl groups is 1. The van der Waals surface area contributed by atoms with E-state index in [0.29, 0.717) is 0 Å². The highest BCUT2D eigenvalue weighted by Gasteiger charge is 2.53. The van der Waals surface area contributed by atoms with Gasteiger partial charge < -0.3 is 14.4 Å². The first-order chi connectivity index (χ1) is 15.2. The van der Waals surface area contributed by atoms with E-state index in [1.54, 1.807) is 7.11 Å². The SMILES string of the molecule is COc1ccc(CN2CC3CCCC(C2)C3(O)c2nccn2Cc2ccccc2)cc1. The smallest absolute Gasteiger partial charge is 0.141 e. The second-order valence-corrected chi connectivity index (χ2v) is 9.06. The van der Waals surface area contributed by atoms with E-state index < -0.39 is 5.60 Å². The number of likely N-dealkylation sites (tertiary alicyclic amines) is 1. The van der Waals surface area contributed by atoms with E-state index in [1.807, 2.05) is 30.6 Å². The predicted molar refractivity (Wildman–Crippen MR) is 121 cm³/mol. The molecule has 5 heteroatoms. The molecule has 1 aromatic heterocycles. The third-order valence-corrected chi connectivity index (χ3v) is 7.14. The molecule has 0 spiro atoms. The number of fused-ring (bicyclic) bond motifs is 2. The van der Waals surface area contributed by atoms with Crippen LogP contribution in [0.2, 0.25) is 0 Å². The van der Waals surface area contributed by atoms with Crippen molar-refractivity contribution in [2.24, 2.45) is 11.8 Å². The zero-order valence-corrected chi connectivity index (χ0v) is 18.2. The molecule has 5 nitrogen and oxygen atoms in total. The van der Waals surface area contributed by atoms with Crippen LogP contribution in [0.4, 0.5) is 0 Å². The average molecular weight is 418 g/mol. The molecule has 2 aromatic carbocycles. The molecule has 1 aliphatic carbocycles. The summed E-state index contributed by atoms with van der Waals surface area (Å²) in [5.74, 6) is 2.14. The molecular formula is C26H31N3O2. The number of rotatable bonds is 6. The number of ether oxygens (including phenoxy) is 1. The topological polar surface area (TPSA) is 50.5 Å². The molecule has 2 bridgehead atoms. The molecular weight excluding hydrogens is 386 g/mol. The minimum absolute atomic E-state index is 0.204. The van der Waals surface area contributed by atoms with Crippen molar-refractivity contribution in [3.63, 3.8) is 0 Å². The first-order valence-electron chi connectivity index (χ1n) is 11.3. The monoisotopic (exact) mass is 417 g/mol. The van der Waals surface area contributed by atoms with Gasteiger partial charge in [-0.2, -0.15) is 0 Å². The zero-order chi connectivity index (χ0) is 21.3. The summed E-state index contributed by atoms with van der Waals surface area (Å²) in [4.78, 5) is 7.21. The van der Waals surface area contributed by atoms with E-state index in [2.05, 4.69) is 45.9 Å². The van der Waals surface area contributed by atoms with Gasteiger partial charge in [-0.05, 0) is 36.1 Å². The Morgan fingerprint density at radius 1 is 0.968 bits per heavy atom. The van der Waals surface area contributed by atoms with E-state index in [-0.39, 0.29) is 11.8 Å². The van der Waals surface area contributed by atoms with Crippen LogP contribution in [0.15, 0.2) is 67.0 Å². The Morgan fingerprint density at radius 2 is 1.65 bits per heavy atom. The van der Waals surface area contributed by atoms with Crippen LogP contribution in [-0.4, -0.2) is 39.8 Å². The third-order valence-electron chi connectivity index (χ3n) is 7.14. The van der Waals surface area contributed by atoms with Gasteiger partial charge in [0.25, 0.3) is 0 Å². The van der Waals surface area contributed by atoms with Gasteiger partial charge in [0.1, 0.15) is 17.2 Å². The fraction of sp³-hybridized carbons (Fsp3) is 0.423. The normalized spacial score (nSPS) is 26.0. The molecule has 31 heavy (non-hydrogen) atoms. The van der Waals surface area contributed by atoms with E-state index in [9.17, 15) is 5.11 Å². The minimum Gasteiger partial charge on any atom is -0.497 e. The minimum atomic E-state index is -0.854. The van der Waals surface area contributed by atoms with Crippen LogP contribution in [0.3, 0.4) is 0 Å². The van der Waals surface area contributed by atoms with Crippen LogP contribution in [-0.2, 0) is 18.7 Å². The van der Waals surface area contributed by atoms with Gasteiger partial charge in [-0.1, -0.05) is 48.9 Å². The maximum Gasteiger partial charge on any atom is 0.141 e. The Morgan fingerprint density at radius 3 is 2.32 bits per heavy atom. The maximum atomic E-state index is 12.1. The van der Waals surface area contributed by atoms with Gasteiger partial charge in [0.15, 0.2) is 0 Å².